The van der Waals surface area contributed by atoms with Crippen molar-refractivity contribution < 1.29 is 31.5 Å². The lowest BCUT2D eigenvalue weighted by Gasteiger charge is -2.35. The number of halogens is 4. The van der Waals surface area contributed by atoms with Gasteiger partial charge in [-0.05, 0) is 285 Å². The third kappa shape index (κ3) is 12.2. The van der Waals surface area contributed by atoms with Gasteiger partial charge < -0.3 is 23.7 Å². The van der Waals surface area contributed by atoms with E-state index < -0.39 is 34.1 Å². The van der Waals surface area contributed by atoms with E-state index in [0.717, 1.165) is 146 Å². The van der Waals surface area contributed by atoms with Gasteiger partial charge in [0, 0.05) is 57.0 Å². The van der Waals surface area contributed by atoms with E-state index in [1.807, 2.05) is 155 Å². The molecule has 0 fully saturated rings. The summed E-state index contributed by atoms with van der Waals surface area (Å²) in [6, 6.07) is 113. The van der Waals surface area contributed by atoms with Crippen LogP contribution in [0.3, 0.4) is 0 Å². The van der Waals surface area contributed by atoms with Gasteiger partial charge in [0.05, 0.1) is 10.8 Å². The molecule has 5 nitrogen and oxygen atoms in total. The Kier molecular flexibility index (Phi) is 17.6. The van der Waals surface area contributed by atoms with Crippen molar-refractivity contribution in [2.45, 2.75) is 38.5 Å². The quantitative estimate of drug-likeness (QED) is 0.0801. The van der Waals surface area contributed by atoms with Crippen LogP contribution in [0.15, 0.2) is 357 Å². The molecule has 2 unspecified atom stereocenters. The Morgan fingerprint density at radius 2 is 0.643 bits per heavy atom. The molecule has 17 aromatic rings. The van der Waals surface area contributed by atoms with E-state index >= 15 is 17.6 Å². The number of aryl methyl sites for hydroxylation is 4. The molecular weight excluding hydrogens is 1430 g/mol. The Labute approximate surface area is 665 Å². The zero-order chi connectivity index (χ0) is 78.4. The maximum Gasteiger partial charge on any atom is 0.160 e. The van der Waals surface area contributed by atoms with Crippen molar-refractivity contribution in [3.8, 4) is 67.5 Å². The Bertz CT molecular complexity index is 6360. The van der Waals surface area contributed by atoms with Crippen LogP contribution in [-0.2, 0) is 10.8 Å². The largest absolute Gasteiger partial charge is 0.457 e. The monoisotopic (exact) mass is 1500 g/mol. The standard InChI is InChI=1S/C106H74F4N2O3/c1-7-69-27-41-83(42-28-69)113-85-45-33-75(34-46-85)105(95-55-65(3)23-25-67(95)5)93-21-11-9-19-87(93)89-49-31-73(59-97(89)105)71-15-13-17-77(57-71)111(81-37-51-99(107)101(109)63-81)79-39-53-103-91(61-79)92-62-80(40-54-104(92)115-103)112(82-38-52-100(108)102(110)64-82)78-18-14-16-72(58-78)74-32-50-90-88-20-10-12-22-94(88)106(98(90)60-74,96-56-66(4)24-26-68(96)6)76-35-47-86(48-36-76)114-84-43-29-70(8-2)30-44-84/h7-64H,1-2H2,3-6H3. The molecule has 0 saturated heterocycles. The molecule has 9 heteroatoms. The third-order valence-corrected chi connectivity index (χ3v) is 23.1. The van der Waals surface area contributed by atoms with E-state index in [1.165, 1.54) is 12.1 Å². The molecule has 2 aliphatic rings. The molecule has 0 amide bonds. The average Bonchev–Trinajstić information content (AvgIpc) is 1.55. The lowest BCUT2D eigenvalue weighted by molar-refractivity contribution is 0.482. The van der Waals surface area contributed by atoms with Crippen molar-refractivity contribution in [2.24, 2.45) is 0 Å². The van der Waals surface area contributed by atoms with E-state index in [9.17, 15) is 0 Å². The summed E-state index contributed by atoms with van der Waals surface area (Å²) in [5.74, 6) is -1.11. The molecule has 19 rings (SSSR count). The van der Waals surface area contributed by atoms with E-state index in [4.69, 9.17) is 13.9 Å². The zero-order valence-corrected chi connectivity index (χ0v) is 63.5. The molecule has 0 saturated carbocycles. The normalized spacial score (nSPS) is 14.4. The van der Waals surface area contributed by atoms with Crippen LogP contribution >= 0.6 is 0 Å². The lowest BCUT2D eigenvalue weighted by Crippen LogP contribution is -2.29. The molecule has 554 valence electrons. The first-order valence-corrected chi connectivity index (χ1v) is 38.5. The second kappa shape index (κ2) is 28.5. The number of nitrogens with zero attached hydrogens (tertiary/aromatic N) is 2. The molecule has 0 radical (unpaired) electrons. The summed E-state index contributed by atoms with van der Waals surface area (Å²) in [6.45, 7) is 16.5. The number of fused-ring (bicyclic) bond motifs is 9. The first kappa shape index (κ1) is 71.1. The summed E-state index contributed by atoms with van der Waals surface area (Å²) in [6.07, 6.45) is 3.62. The minimum Gasteiger partial charge on any atom is -0.457 e. The van der Waals surface area contributed by atoms with Gasteiger partial charge in [-0.1, -0.05) is 218 Å². The molecule has 0 N–H and O–H groups in total. The van der Waals surface area contributed by atoms with Crippen molar-refractivity contribution in [3.63, 3.8) is 0 Å². The van der Waals surface area contributed by atoms with Crippen molar-refractivity contribution >= 4 is 68.2 Å². The van der Waals surface area contributed by atoms with E-state index in [0.29, 0.717) is 67.6 Å². The predicted octanol–water partition coefficient (Wildman–Crippen LogP) is 29.2. The highest BCUT2D eigenvalue weighted by molar-refractivity contribution is 6.08. The Morgan fingerprint density at radius 3 is 1.04 bits per heavy atom. The van der Waals surface area contributed by atoms with Gasteiger partial charge in [0.15, 0.2) is 23.3 Å². The van der Waals surface area contributed by atoms with Crippen LogP contribution in [0.1, 0.15) is 77.9 Å². The summed E-state index contributed by atoms with van der Waals surface area (Å²) in [5, 5.41) is 1.43. The van der Waals surface area contributed by atoms with Crippen LogP contribution in [0.5, 0.6) is 23.0 Å². The molecule has 1 aromatic heterocycles. The smallest absolute Gasteiger partial charge is 0.160 e. The van der Waals surface area contributed by atoms with Crippen LogP contribution in [0.2, 0.25) is 0 Å². The molecule has 0 aliphatic heterocycles. The first-order chi connectivity index (χ1) is 56.1. The summed E-state index contributed by atoms with van der Waals surface area (Å²) < 4.78 is 82.0. The van der Waals surface area contributed by atoms with Gasteiger partial charge in [0.25, 0.3) is 0 Å². The van der Waals surface area contributed by atoms with Crippen LogP contribution in [0, 0.1) is 51.0 Å². The van der Waals surface area contributed by atoms with Crippen molar-refractivity contribution in [1.29, 1.82) is 0 Å². The topological polar surface area (TPSA) is 38.1 Å². The Morgan fingerprint density at radius 1 is 0.287 bits per heavy atom. The summed E-state index contributed by atoms with van der Waals surface area (Å²) in [4.78, 5) is 3.85. The van der Waals surface area contributed by atoms with Gasteiger partial charge in [-0.25, -0.2) is 17.6 Å². The van der Waals surface area contributed by atoms with Gasteiger partial charge in [0.2, 0.25) is 0 Å². The number of rotatable bonds is 18. The fourth-order valence-electron chi connectivity index (χ4n) is 17.7. The highest BCUT2D eigenvalue weighted by Gasteiger charge is 2.49. The van der Waals surface area contributed by atoms with Crippen LogP contribution < -0.4 is 19.3 Å². The number of hydrogen-bond donors (Lipinski definition) is 0. The van der Waals surface area contributed by atoms with Crippen LogP contribution in [0.25, 0.3) is 78.6 Å². The highest BCUT2D eigenvalue weighted by atomic mass is 19.2. The summed E-state index contributed by atoms with van der Waals surface area (Å²) in [7, 11) is 0. The molecule has 16 aromatic carbocycles. The molecule has 2 aliphatic carbocycles. The van der Waals surface area contributed by atoms with Crippen molar-refractivity contribution in [1.82, 2.24) is 0 Å². The minimum absolute atomic E-state index is 0.378. The lowest BCUT2D eigenvalue weighted by atomic mass is 9.66. The molecule has 0 spiro atoms. The molecule has 2 atom stereocenters. The fourth-order valence-corrected chi connectivity index (χ4v) is 17.7. The van der Waals surface area contributed by atoms with Gasteiger partial charge in [-0.3, -0.25) is 0 Å². The fraction of sp³-hybridized carbons (Fsp3) is 0.0566. The first-order valence-electron chi connectivity index (χ1n) is 38.5. The van der Waals surface area contributed by atoms with Gasteiger partial charge in [-0.15, -0.1) is 0 Å². The maximum atomic E-state index is 16.0. The molecule has 115 heavy (non-hydrogen) atoms. The van der Waals surface area contributed by atoms with Crippen molar-refractivity contribution in [2.75, 3.05) is 9.80 Å². The Balaban J connectivity index is 0.712. The number of anilines is 6. The van der Waals surface area contributed by atoms with Crippen molar-refractivity contribution in [3.05, 3.63) is 454 Å². The van der Waals surface area contributed by atoms with Gasteiger partial charge in [-0.2, -0.15) is 0 Å². The van der Waals surface area contributed by atoms with E-state index in [1.54, 1.807) is 12.1 Å². The maximum absolute atomic E-state index is 16.0. The van der Waals surface area contributed by atoms with Gasteiger partial charge >= 0.3 is 0 Å². The second-order valence-electron chi connectivity index (χ2n) is 30.0. The number of hydrogen-bond acceptors (Lipinski definition) is 5. The Hall–Kier alpha value is -14.3. The second-order valence-corrected chi connectivity index (χ2v) is 30.0. The molecule has 1 heterocycles. The summed E-state index contributed by atoms with van der Waals surface area (Å²) >= 11 is 0. The molecular formula is C106H74F4N2O3. The average molecular weight is 1500 g/mol. The van der Waals surface area contributed by atoms with Gasteiger partial charge in [0.1, 0.15) is 34.2 Å². The van der Waals surface area contributed by atoms with E-state index in [-0.39, 0.29) is 0 Å². The third-order valence-electron chi connectivity index (χ3n) is 23.1. The van der Waals surface area contributed by atoms with Crippen LogP contribution in [0.4, 0.5) is 51.7 Å². The number of ether oxygens (including phenoxy) is 2. The van der Waals surface area contributed by atoms with E-state index in [2.05, 4.69) is 211 Å². The highest BCUT2D eigenvalue weighted by Crippen LogP contribution is 2.60. The zero-order valence-electron chi connectivity index (χ0n) is 63.5. The number of benzene rings is 16. The number of furan rings is 1. The predicted molar refractivity (Wildman–Crippen MR) is 461 cm³/mol. The minimum atomic E-state index is -1.01. The van der Waals surface area contributed by atoms with Crippen LogP contribution in [-0.4, -0.2) is 0 Å². The molecule has 0 bridgehead atoms. The SMILES string of the molecule is C=Cc1ccc(Oc2ccc(C3(c4cc(C)ccc4C)c4ccccc4-c4ccc(-c5cccc(N(c6ccc(F)c(F)c6)c6ccc7oc8ccc(N(c9cccc(-c%10ccc%11c(c%10)C(c%10ccc(Oc%12ccc(C=C)cc%12)cc%10)(c%10cc(C)ccc%10C)c%10ccccc%10-%11)c9)c9ccc(F)c(F)c9)cc8c7c6)c5)cc43)cc2)cc1. The summed E-state index contributed by atoms with van der Waals surface area (Å²) in [5.41, 5.74) is 26.7.